The minimum absolute atomic E-state index is 0. The zero-order valence-electron chi connectivity index (χ0n) is 23.3. The summed E-state index contributed by atoms with van der Waals surface area (Å²) in [5.41, 5.74) is 7.59. The summed E-state index contributed by atoms with van der Waals surface area (Å²) in [6, 6.07) is 19.4. The average molecular weight is 569 g/mol. The molecule has 3 amide bonds. The Morgan fingerprint density at radius 2 is 1.73 bits per heavy atom. The number of carbonyl (C=O) groups is 3. The molecule has 0 spiro atoms. The standard InChI is InChI=1S/C30H36N4O5.ClH/c1-20-13-14-21-9-5-6-10-22(21)23(20)17-34-26-12-8-7-11-25(26)33(27(35)19-39-16-15-38-4)18-24(28(34)36)30(2,32-3)29(31)37;/h5-14,24,32H,15-19H2,1-4H3,(H2,31,37);1H/t24-,30?;/m1./s1. The molecule has 3 aromatic rings. The lowest BCUT2D eigenvalue weighted by Gasteiger charge is -2.36. The fourth-order valence-electron chi connectivity index (χ4n) is 5.08. The van der Waals surface area contributed by atoms with E-state index in [0.29, 0.717) is 18.0 Å². The highest BCUT2D eigenvalue weighted by atomic mass is 35.5. The zero-order chi connectivity index (χ0) is 28.2. The SMILES string of the molecule is CNC(C)(C(N)=O)[C@@H]1CN(C(=O)COCCOC)c2ccccc2N(Cc2c(C)ccc3ccccc23)C1=O.Cl. The first-order valence-corrected chi connectivity index (χ1v) is 13.0. The Hall–Kier alpha value is -3.50. The highest BCUT2D eigenvalue weighted by Gasteiger charge is 2.48. The number of aryl methyl sites for hydroxylation is 1. The van der Waals surface area contributed by atoms with Gasteiger partial charge < -0.3 is 30.3 Å². The van der Waals surface area contributed by atoms with Crippen LogP contribution in [-0.2, 0) is 30.4 Å². The molecule has 0 fully saturated rings. The maximum absolute atomic E-state index is 14.4. The minimum Gasteiger partial charge on any atom is -0.382 e. The number of methoxy groups -OCH3 is 1. The van der Waals surface area contributed by atoms with Crippen LogP contribution in [0.25, 0.3) is 10.8 Å². The topological polar surface area (TPSA) is 114 Å². The van der Waals surface area contributed by atoms with Gasteiger partial charge in [0.25, 0.3) is 5.91 Å². The lowest BCUT2D eigenvalue weighted by molar-refractivity contribution is -0.134. The zero-order valence-corrected chi connectivity index (χ0v) is 24.1. The molecule has 0 aliphatic carbocycles. The summed E-state index contributed by atoms with van der Waals surface area (Å²) in [5, 5.41) is 5.07. The first-order chi connectivity index (χ1) is 18.7. The second-order valence-corrected chi connectivity index (χ2v) is 9.91. The fraction of sp³-hybridized carbons (Fsp3) is 0.367. The number of primary amides is 1. The first-order valence-electron chi connectivity index (χ1n) is 13.0. The van der Waals surface area contributed by atoms with E-state index in [1.807, 2.05) is 61.5 Å². The highest BCUT2D eigenvalue weighted by Crippen LogP contribution is 2.39. The van der Waals surface area contributed by atoms with Gasteiger partial charge in [0.1, 0.15) is 12.1 Å². The number of nitrogens with zero attached hydrogens (tertiary/aromatic N) is 2. The molecule has 1 aliphatic rings. The molecular weight excluding hydrogens is 532 g/mol. The molecule has 0 saturated carbocycles. The van der Waals surface area contributed by atoms with Crippen molar-refractivity contribution in [2.45, 2.75) is 25.9 Å². The molecule has 9 nitrogen and oxygen atoms in total. The summed E-state index contributed by atoms with van der Waals surface area (Å²) in [6.07, 6.45) is 0. The van der Waals surface area contributed by atoms with Gasteiger partial charge in [-0.05, 0) is 54.9 Å². The average Bonchev–Trinajstić information content (AvgIpc) is 3.06. The van der Waals surface area contributed by atoms with Crippen LogP contribution in [0, 0.1) is 12.8 Å². The van der Waals surface area contributed by atoms with Gasteiger partial charge in [-0.3, -0.25) is 14.4 Å². The number of nitrogens with one attached hydrogen (secondary N) is 1. The van der Waals surface area contributed by atoms with Crippen LogP contribution in [0.5, 0.6) is 0 Å². The minimum atomic E-state index is -1.42. The van der Waals surface area contributed by atoms with Crippen LogP contribution in [0.1, 0.15) is 18.1 Å². The van der Waals surface area contributed by atoms with Crippen LogP contribution in [0.3, 0.4) is 0 Å². The second-order valence-electron chi connectivity index (χ2n) is 9.91. The summed E-state index contributed by atoms with van der Waals surface area (Å²) in [6.45, 7) is 4.23. The molecule has 1 heterocycles. The van der Waals surface area contributed by atoms with Gasteiger partial charge in [0.05, 0.1) is 37.1 Å². The summed E-state index contributed by atoms with van der Waals surface area (Å²) in [4.78, 5) is 43.9. The smallest absolute Gasteiger partial charge is 0.253 e. The van der Waals surface area contributed by atoms with Crippen LogP contribution < -0.4 is 20.9 Å². The number of carbonyl (C=O) groups excluding carboxylic acids is 3. The molecule has 214 valence electrons. The van der Waals surface area contributed by atoms with Gasteiger partial charge in [-0.25, -0.2) is 0 Å². The number of benzene rings is 3. The van der Waals surface area contributed by atoms with Gasteiger partial charge >= 0.3 is 0 Å². The van der Waals surface area contributed by atoms with Gasteiger partial charge in [0, 0.05) is 13.7 Å². The van der Waals surface area contributed by atoms with E-state index < -0.39 is 17.4 Å². The lowest BCUT2D eigenvalue weighted by atomic mass is 9.83. The number of rotatable bonds is 10. The van der Waals surface area contributed by atoms with Gasteiger partial charge in [-0.1, -0.05) is 48.5 Å². The van der Waals surface area contributed by atoms with Crippen LogP contribution in [-0.4, -0.2) is 63.8 Å². The molecule has 10 heteroatoms. The predicted molar refractivity (Wildman–Crippen MR) is 159 cm³/mol. The first kappa shape index (κ1) is 31.0. The third-order valence-corrected chi connectivity index (χ3v) is 7.67. The maximum Gasteiger partial charge on any atom is 0.253 e. The van der Waals surface area contributed by atoms with E-state index in [-0.39, 0.29) is 50.5 Å². The van der Waals surface area contributed by atoms with Crippen LogP contribution >= 0.6 is 12.4 Å². The summed E-state index contributed by atoms with van der Waals surface area (Å²) < 4.78 is 10.5. The maximum atomic E-state index is 14.4. The molecule has 2 atom stereocenters. The number of hydrogen-bond acceptors (Lipinski definition) is 6. The second kappa shape index (κ2) is 13.2. The molecule has 0 bridgehead atoms. The fourth-order valence-corrected chi connectivity index (χ4v) is 5.08. The molecule has 0 saturated heterocycles. The number of likely N-dealkylation sites (N-methyl/N-ethyl adjacent to an activating group) is 1. The number of hydrogen-bond donors (Lipinski definition) is 2. The van der Waals surface area contributed by atoms with E-state index in [1.165, 1.54) is 4.90 Å². The Balaban J connectivity index is 0.00000441. The quantitative estimate of drug-likeness (QED) is 0.363. The van der Waals surface area contributed by atoms with Crippen LogP contribution in [0.15, 0.2) is 60.7 Å². The summed E-state index contributed by atoms with van der Waals surface area (Å²) in [7, 11) is 3.15. The number of para-hydroxylation sites is 2. The summed E-state index contributed by atoms with van der Waals surface area (Å²) in [5.74, 6) is -2.28. The monoisotopic (exact) mass is 568 g/mol. The molecule has 3 N–H and O–H groups in total. The van der Waals surface area contributed by atoms with Gasteiger partial charge in [0.15, 0.2) is 0 Å². The Kier molecular flexibility index (Phi) is 10.3. The van der Waals surface area contributed by atoms with Gasteiger partial charge in [0.2, 0.25) is 11.8 Å². The number of halogens is 1. The molecule has 4 rings (SSSR count). The van der Waals surface area contributed by atoms with Crippen molar-refractivity contribution >= 4 is 52.3 Å². The largest absolute Gasteiger partial charge is 0.382 e. The molecule has 0 aromatic heterocycles. The Bertz CT molecular complexity index is 1380. The molecule has 3 aromatic carbocycles. The molecule has 0 radical (unpaired) electrons. The van der Waals surface area contributed by atoms with Crippen molar-refractivity contribution in [3.05, 3.63) is 71.8 Å². The Morgan fingerprint density at radius 3 is 2.40 bits per heavy atom. The molecular formula is C30H37ClN4O5. The molecule has 40 heavy (non-hydrogen) atoms. The number of amides is 3. The third kappa shape index (κ3) is 5.97. The van der Waals surface area contributed by atoms with Crippen molar-refractivity contribution in [3.8, 4) is 0 Å². The normalized spacial score (nSPS) is 16.6. The van der Waals surface area contributed by atoms with Crippen LogP contribution in [0.4, 0.5) is 11.4 Å². The third-order valence-electron chi connectivity index (χ3n) is 7.67. The highest BCUT2D eigenvalue weighted by molar-refractivity contribution is 6.08. The lowest BCUT2D eigenvalue weighted by Crippen LogP contribution is -2.63. The van der Waals surface area contributed by atoms with E-state index in [4.69, 9.17) is 15.2 Å². The van der Waals surface area contributed by atoms with E-state index >= 15 is 0 Å². The van der Waals surface area contributed by atoms with E-state index in [2.05, 4.69) is 11.4 Å². The number of nitrogens with two attached hydrogens (primary N) is 1. The van der Waals surface area contributed by atoms with Crippen molar-refractivity contribution < 1.29 is 23.9 Å². The number of ether oxygens (including phenoxy) is 2. The van der Waals surface area contributed by atoms with Gasteiger partial charge in [-0.15, -0.1) is 12.4 Å². The Morgan fingerprint density at radius 1 is 1.05 bits per heavy atom. The van der Waals surface area contributed by atoms with Crippen molar-refractivity contribution in [1.29, 1.82) is 0 Å². The van der Waals surface area contributed by atoms with Crippen molar-refractivity contribution in [2.75, 3.05) is 50.3 Å². The van der Waals surface area contributed by atoms with Crippen molar-refractivity contribution in [1.82, 2.24) is 5.32 Å². The summed E-state index contributed by atoms with van der Waals surface area (Å²) >= 11 is 0. The Labute approximate surface area is 241 Å². The van der Waals surface area contributed by atoms with Gasteiger partial charge in [-0.2, -0.15) is 0 Å². The van der Waals surface area contributed by atoms with E-state index in [9.17, 15) is 14.4 Å². The molecule has 1 aliphatic heterocycles. The predicted octanol–water partition coefficient (Wildman–Crippen LogP) is 3.19. The number of anilines is 2. The molecule has 1 unspecified atom stereocenters. The van der Waals surface area contributed by atoms with Crippen LogP contribution in [0.2, 0.25) is 0 Å². The van der Waals surface area contributed by atoms with Crippen molar-refractivity contribution in [2.24, 2.45) is 11.7 Å². The number of fused-ring (bicyclic) bond motifs is 2. The van der Waals surface area contributed by atoms with E-state index in [0.717, 1.165) is 21.9 Å². The van der Waals surface area contributed by atoms with Crippen molar-refractivity contribution in [3.63, 3.8) is 0 Å². The van der Waals surface area contributed by atoms with E-state index in [1.54, 1.807) is 26.0 Å².